The van der Waals surface area contributed by atoms with Gasteiger partial charge in [-0.2, -0.15) is 13.2 Å². The minimum atomic E-state index is -4.43. The number of halogens is 4. The van der Waals surface area contributed by atoms with E-state index in [4.69, 9.17) is 16.3 Å². The van der Waals surface area contributed by atoms with Gasteiger partial charge in [-0.25, -0.2) is 0 Å². The van der Waals surface area contributed by atoms with Crippen molar-refractivity contribution in [1.29, 1.82) is 0 Å². The average molecular weight is 344 g/mol. The fourth-order valence-electron chi connectivity index (χ4n) is 1.86. The number of amides is 1. The number of nitrogens with one attached hydrogen (secondary N) is 1. The predicted molar refractivity (Wildman–Crippen MR) is 82.1 cm³/mol. The minimum Gasteiger partial charge on any atom is -0.484 e. The molecule has 0 radical (unpaired) electrons. The van der Waals surface area contributed by atoms with E-state index in [2.05, 4.69) is 5.32 Å². The smallest absolute Gasteiger partial charge is 0.422 e. The Morgan fingerprint density at radius 1 is 1.22 bits per heavy atom. The van der Waals surface area contributed by atoms with Crippen molar-refractivity contribution in [3.63, 3.8) is 0 Å². The number of rotatable bonds is 4. The highest BCUT2D eigenvalue weighted by Gasteiger charge is 2.28. The first kappa shape index (κ1) is 17.1. The molecule has 0 spiro atoms. The lowest BCUT2D eigenvalue weighted by molar-refractivity contribution is -0.153. The molecule has 0 aromatic heterocycles. The Balaban J connectivity index is 2.15. The van der Waals surface area contributed by atoms with Crippen LogP contribution in [0.1, 0.15) is 15.9 Å². The lowest BCUT2D eigenvalue weighted by Crippen LogP contribution is -2.19. The SMILES string of the molecule is Cc1cc(NC(=O)c2ccccc2)c(Cl)cc1OCC(F)(F)F. The van der Waals surface area contributed by atoms with Gasteiger partial charge in [-0.15, -0.1) is 0 Å². The molecule has 23 heavy (non-hydrogen) atoms. The van der Waals surface area contributed by atoms with Crippen LogP contribution in [0.4, 0.5) is 18.9 Å². The van der Waals surface area contributed by atoms with Gasteiger partial charge in [-0.3, -0.25) is 4.79 Å². The molecule has 0 bridgehead atoms. The lowest BCUT2D eigenvalue weighted by Gasteiger charge is -2.14. The molecule has 2 rings (SSSR count). The minimum absolute atomic E-state index is 0.0186. The van der Waals surface area contributed by atoms with Gasteiger partial charge in [0.2, 0.25) is 0 Å². The predicted octanol–water partition coefficient (Wildman–Crippen LogP) is 4.84. The van der Waals surface area contributed by atoms with E-state index in [1.807, 2.05) is 0 Å². The van der Waals surface area contributed by atoms with Gasteiger partial charge in [-0.05, 0) is 30.7 Å². The lowest BCUT2D eigenvalue weighted by atomic mass is 10.1. The maximum Gasteiger partial charge on any atom is 0.422 e. The number of ether oxygens (including phenoxy) is 1. The Hall–Kier alpha value is -2.21. The molecule has 1 N–H and O–H groups in total. The molecule has 7 heteroatoms. The van der Waals surface area contributed by atoms with Crippen molar-refractivity contribution < 1.29 is 22.7 Å². The summed E-state index contributed by atoms with van der Waals surface area (Å²) in [6.07, 6.45) is -4.43. The largest absolute Gasteiger partial charge is 0.484 e. The van der Waals surface area contributed by atoms with Crippen molar-refractivity contribution in [2.75, 3.05) is 11.9 Å². The third-order valence-electron chi connectivity index (χ3n) is 2.94. The molecule has 2 aromatic rings. The first-order valence-corrected chi connectivity index (χ1v) is 7.00. The number of anilines is 1. The number of hydrogen-bond acceptors (Lipinski definition) is 2. The molecule has 0 atom stereocenters. The van der Waals surface area contributed by atoms with E-state index in [9.17, 15) is 18.0 Å². The Bertz CT molecular complexity index is 702. The zero-order chi connectivity index (χ0) is 17.0. The Kier molecular flexibility index (Phi) is 5.15. The Morgan fingerprint density at radius 3 is 2.48 bits per heavy atom. The van der Waals surface area contributed by atoms with Gasteiger partial charge < -0.3 is 10.1 Å². The third-order valence-corrected chi connectivity index (χ3v) is 3.25. The number of carbonyl (C=O) groups excluding carboxylic acids is 1. The molecular weight excluding hydrogens is 331 g/mol. The fourth-order valence-corrected chi connectivity index (χ4v) is 2.06. The highest BCUT2D eigenvalue weighted by Crippen LogP contribution is 2.31. The zero-order valence-corrected chi connectivity index (χ0v) is 12.8. The first-order chi connectivity index (χ1) is 10.8. The highest BCUT2D eigenvalue weighted by molar-refractivity contribution is 6.34. The summed E-state index contributed by atoms with van der Waals surface area (Å²) in [5, 5.41) is 2.71. The normalized spacial score (nSPS) is 11.2. The average Bonchev–Trinajstić information content (AvgIpc) is 2.49. The molecule has 1 amide bonds. The van der Waals surface area contributed by atoms with E-state index >= 15 is 0 Å². The Morgan fingerprint density at radius 2 is 1.87 bits per heavy atom. The van der Waals surface area contributed by atoms with Gasteiger partial charge in [-0.1, -0.05) is 29.8 Å². The summed E-state index contributed by atoms with van der Waals surface area (Å²) in [6.45, 7) is 0.167. The number of hydrogen-bond donors (Lipinski definition) is 1. The maximum atomic E-state index is 12.2. The number of aryl methyl sites for hydroxylation is 1. The van der Waals surface area contributed by atoms with Crippen LogP contribution in [0.15, 0.2) is 42.5 Å². The van der Waals surface area contributed by atoms with Crippen molar-refractivity contribution in [2.45, 2.75) is 13.1 Å². The summed E-state index contributed by atoms with van der Waals surface area (Å²) in [4.78, 5) is 12.1. The van der Waals surface area contributed by atoms with Gasteiger partial charge in [0.1, 0.15) is 5.75 Å². The second-order valence-electron chi connectivity index (χ2n) is 4.82. The summed E-state index contributed by atoms with van der Waals surface area (Å²) in [5.74, 6) is -0.346. The van der Waals surface area contributed by atoms with Crippen LogP contribution in [-0.4, -0.2) is 18.7 Å². The molecule has 3 nitrogen and oxygen atoms in total. The zero-order valence-electron chi connectivity index (χ0n) is 12.1. The van der Waals surface area contributed by atoms with E-state index in [1.165, 1.54) is 12.1 Å². The van der Waals surface area contributed by atoms with Crippen molar-refractivity contribution in [3.05, 3.63) is 58.6 Å². The second kappa shape index (κ2) is 6.91. The van der Waals surface area contributed by atoms with E-state index < -0.39 is 12.8 Å². The van der Waals surface area contributed by atoms with Crippen molar-refractivity contribution >= 4 is 23.2 Å². The van der Waals surface area contributed by atoms with Crippen LogP contribution in [0.5, 0.6) is 5.75 Å². The maximum absolute atomic E-state index is 12.2. The van der Waals surface area contributed by atoms with Crippen molar-refractivity contribution in [2.24, 2.45) is 0 Å². The van der Waals surface area contributed by atoms with Crippen LogP contribution in [0, 0.1) is 6.92 Å². The summed E-state index contributed by atoms with van der Waals surface area (Å²) in [6, 6.07) is 11.2. The molecule has 0 heterocycles. The molecule has 0 aliphatic heterocycles. The number of alkyl halides is 3. The van der Waals surface area contributed by atoms with Crippen LogP contribution in [0.25, 0.3) is 0 Å². The summed E-state index contributed by atoms with van der Waals surface area (Å²) in [5.41, 5.74) is 1.18. The first-order valence-electron chi connectivity index (χ1n) is 6.62. The summed E-state index contributed by atoms with van der Waals surface area (Å²) >= 11 is 6.01. The fraction of sp³-hybridized carbons (Fsp3) is 0.188. The van der Waals surface area contributed by atoms with Gasteiger partial charge >= 0.3 is 6.18 Å². The van der Waals surface area contributed by atoms with Gasteiger partial charge in [0, 0.05) is 11.6 Å². The quantitative estimate of drug-likeness (QED) is 0.862. The van der Waals surface area contributed by atoms with Crippen LogP contribution < -0.4 is 10.1 Å². The third kappa shape index (κ3) is 4.89. The molecule has 0 aliphatic carbocycles. The highest BCUT2D eigenvalue weighted by atomic mass is 35.5. The number of benzene rings is 2. The molecule has 0 aliphatic rings. The van der Waals surface area contributed by atoms with E-state index in [0.29, 0.717) is 16.8 Å². The van der Waals surface area contributed by atoms with E-state index in [-0.39, 0.29) is 16.7 Å². The summed E-state index contributed by atoms with van der Waals surface area (Å²) in [7, 11) is 0. The summed E-state index contributed by atoms with van der Waals surface area (Å²) < 4.78 is 41.3. The molecule has 122 valence electrons. The molecular formula is C16H13ClF3NO2. The van der Waals surface area contributed by atoms with E-state index in [0.717, 1.165) is 0 Å². The van der Waals surface area contributed by atoms with Crippen LogP contribution in [0.3, 0.4) is 0 Å². The standard InChI is InChI=1S/C16H13ClF3NO2/c1-10-7-13(21-15(22)11-5-3-2-4-6-11)12(17)8-14(10)23-9-16(18,19)20/h2-8H,9H2,1H3,(H,21,22). The second-order valence-corrected chi connectivity index (χ2v) is 5.23. The molecule has 2 aromatic carbocycles. The van der Waals surface area contributed by atoms with Gasteiger partial charge in [0.15, 0.2) is 6.61 Å². The molecule has 0 fully saturated rings. The van der Waals surface area contributed by atoms with E-state index in [1.54, 1.807) is 37.3 Å². The molecule has 0 saturated heterocycles. The van der Waals surface area contributed by atoms with Gasteiger partial charge in [0.05, 0.1) is 10.7 Å². The van der Waals surface area contributed by atoms with Crippen molar-refractivity contribution in [1.82, 2.24) is 0 Å². The van der Waals surface area contributed by atoms with Crippen LogP contribution >= 0.6 is 11.6 Å². The van der Waals surface area contributed by atoms with Gasteiger partial charge in [0.25, 0.3) is 5.91 Å². The van der Waals surface area contributed by atoms with Crippen molar-refractivity contribution in [3.8, 4) is 5.75 Å². The Labute approximate surface area is 136 Å². The molecule has 0 saturated carbocycles. The topological polar surface area (TPSA) is 38.3 Å². The molecule has 0 unspecified atom stereocenters. The van der Waals surface area contributed by atoms with Crippen LogP contribution in [-0.2, 0) is 0 Å². The monoisotopic (exact) mass is 343 g/mol. The van der Waals surface area contributed by atoms with Crippen LogP contribution in [0.2, 0.25) is 5.02 Å². The number of carbonyl (C=O) groups is 1.